The number of nitrogens with two attached hydrogens (primary N) is 1. The fourth-order valence-corrected chi connectivity index (χ4v) is 3.37. The van der Waals surface area contributed by atoms with Gasteiger partial charge in [0.15, 0.2) is 5.17 Å². The van der Waals surface area contributed by atoms with Crippen LogP contribution in [0.4, 0.5) is 11.4 Å². The predicted molar refractivity (Wildman–Crippen MR) is 97.7 cm³/mol. The molecule has 0 saturated carbocycles. The van der Waals surface area contributed by atoms with Crippen molar-refractivity contribution in [1.82, 2.24) is 0 Å². The summed E-state index contributed by atoms with van der Waals surface area (Å²) in [4.78, 5) is 30.1. The summed E-state index contributed by atoms with van der Waals surface area (Å²) in [7, 11) is 0. The maximum Gasteiger partial charge on any atom is 0.247 e. The molecular formula is C17H14ClN3O2S. The zero-order valence-electron chi connectivity index (χ0n) is 12.6. The SMILES string of the molecule is NC(=Nc1ccccc1)S[C@@H]1CC(=O)N(c2ccc(Cl)cc2)C1=O. The molecule has 0 bridgehead atoms. The summed E-state index contributed by atoms with van der Waals surface area (Å²) < 4.78 is 0. The van der Waals surface area contributed by atoms with Gasteiger partial charge in [-0.2, -0.15) is 0 Å². The number of amides is 2. The van der Waals surface area contributed by atoms with Crippen LogP contribution in [0.3, 0.4) is 0 Å². The van der Waals surface area contributed by atoms with Gasteiger partial charge in [-0.15, -0.1) is 0 Å². The Morgan fingerprint density at radius 3 is 2.46 bits per heavy atom. The maximum absolute atomic E-state index is 12.5. The predicted octanol–water partition coefficient (Wildman–Crippen LogP) is 3.35. The zero-order valence-corrected chi connectivity index (χ0v) is 14.1. The third-order valence-electron chi connectivity index (χ3n) is 3.45. The number of imide groups is 1. The smallest absolute Gasteiger partial charge is 0.247 e. The van der Waals surface area contributed by atoms with E-state index in [0.717, 1.165) is 11.8 Å². The molecule has 2 aromatic carbocycles. The number of halogens is 1. The molecule has 122 valence electrons. The highest BCUT2D eigenvalue weighted by Gasteiger charge is 2.40. The number of hydrogen-bond donors (Lipinski definition) is 1. The standard InChI is InChI=1S/C17H14ClN3O2S/c18-11-6-8-13(9-7-11)21-15(22)10-14(16(21)23)24-17(19)20-12-4-2-1-3-5-12/h1-9,14H,10H2,(H2,19,20)/t14-/m1/s1. The Morgan fingerprint density at radius 1 is 1.12 bits per heavy atom. The van der Waals surface area contributed by atoms with Gasteiger partial charge in [-0.25, -0.2) is 9.89 Å². The number of nitrogens with zero attached hydrogens (tertiary/aromatic N) is 2. The number of benzene rings is 2. The minimum absolute atomic E-state index is 0.0944. The topological polar surface area (TPSA) is 75.8 Å². The van der Waals surface area contributed by atoms with Crippen LogP contribution in [-0.4, -0.2) is 22.2 Å². The largest absolute Gasteiger partial charge is 0.378 e. The Labute approximate surface area is 148 Å². The van der Waals surface area contributed by atoms with E-state index in [1.165, 1.54) is 4.90 Å². The summed E-state index contributed by atoms with van der Waals surface area (Å²) in [5.41, 5.74) is 7.12. The molecule has 2 aromatic rings. The number of para-hydroxylation sites is 1. The monoisotopic (exact) mass is 359 g/mol. The molecule has 7 heteroatoms. The summed E-state index contributed by atoms with van der Waals surface area (Å²) in [5.74, 6) is -0.550. The van der Waals surface area contributed by atoms with E-state index < -0.39 is 5.25 Å². The molecule has 1 saturated heterocycles. The normalized spacial score (nSPS) is 18.3. The van der Waals surface area contributed by atoms with E-state index in [4.69, 9.17) is 17.3 Å². The van der Waals surface area contributed by atoms with Crippen molar-refractivity contribution < 1.29 is 9.59 Å². The molecule has 2 amide bonds. The van der Waals surface area contributed by atoms with Crippen LogP contribution in [0.5, 0.6) is 0 Å². The van der Waals surface area contributed by atoms with Gasteiger partial charge in [-0.3, -0.25) is 9.59 Å². The molecule has 0 radical (unpaired) electrons. The molecule has 0 aliphatic carbocycles. The molecule has 1 aliphatic rings. The van der Waals surface area contributed by atoms with Crippen LogP contribution in [0, 0.1) is 0 Å². The molecule has 24 heavy (non-hydrogen) atoms. The van der Waals surface area contributed by atoms with Gasteiger partial charge in [0.05, 0.1) is 11.4 Å². The highest BCUT2D eigenvalue weighted by atomic mass is 35.5. The van der Waals surface area contributed by atoms with E-state index in [0.29, 0.717) is 16.4 Å². The van der Waals surface area contributed by atoms with Crippen molar-refractivity contribution in [1.29, 1.82) is 0 Å². The van der Waals surface area contributed by atoms with Gasteiger partial charge in [-0.05, 0) is 36.4 Å². The van der Waals surface area contributed by atoms with E-state index in [9.17, 15) is 9.59 Å². The Balaban J connectivity index is 1.74. The minimum atomic E-state index is -0.569. The Bertz CT molecular complexity index is 793. The van der Waals surface area contributed by atoms with E-state index in [-0.39, 0.29) is 23.4 Å². The third-order valence-corrected chi connectivity index (χ3v) is 4.69. The molecule has 2 N–H and O–H groups in total. The number of amidine groups is 1. The quantitative estimate of drug-likeness (QED) is 0.518. The maximum atomic E-state index is 12.5. The molecule has 1 heterocycles. The molecule has 5 nitrogen and oxygen atoms in total. The second-order valence-electron chi connectivity index (χ2n) is 5.14. The zero-order chi connectivity index (χ0) is 17.1. The lowest BCUT2D eigenvalue weighted by molar-refractivity contribution is -0.121. The molecule has 1 atom stereocenters. The number of carbonyl (C=O) groups is 2. The Morgan fingerprint density at radius 2 is 1.79 bits per heavy atom. The van der Waals surface area contributed by atoms with Crippen LogP contribution >= 0.6 is 23.4 Å². The number of thioether (sulfide) groups is 1. The first kappa shape index (κ1) is 16.5. The second kappa shape index (κ2) is 7.07. The van der Waals surface area contributed by atoms with Crippen LogP contribution in [0.2, 0.25) is 5.02 Å². The van der Waals surface area contributed by atoms with E-state index in [1.807, 2.05) is 30.3 Å². The van der Waals surface area contributed by atoms with Crippen molar-refractivity contribution in [3.63, 3.8) is 0 Å². The van der Waals surface area contributed by atoms with Gasteiger partial charge in [-0.1, -0.05) is 41.6 Å². The number of anilines is 1. The first-order valence-corrected chi connectivity index (χ1v) is 8.48. The molecular weight excluding hydrogens is 346 g/mol. The molecule has 1 aliphatic heterocycles. The average Bonchev–Trinajstić information content (AvgIpc) is 2.83. The first-order valence-electron chi connectivity index (χ1n) is 7.23. The lowest BCUT2D eigenvalue weighted by atomic mass is 10.3. The van der Waals surface area contributed by atoms with Crippen LogP contribution in [0.1, 0.15) is 6.42 Å². The second-order valence-corrected chi connectivity index (χ2v) is 6.80. The molecule has 1 fully saturated rings. The number of carbonyl (C=O) groups excluding carboxylic acids is 2. The number of aliphatic imine (C=N–C) groups is 1. The van der Waals surface area contributed by atoms with Gasteiger partial charge in [0.2, 0.25) is 11.8 Å². The summed E-state index contributed by atoms with van der Waals surface area (Å²) >= 11 is 6.95. The Hall–Kier alpha value is -2.31. The lowest BCUT2D eigenvalue weighted by Gasteiger charge is -2.14. The van der Waals surface area contributed by atoms with Crippen molar-refractivity contribution in [2.24, 2.45) is 10.7 Å². The molecule has 3 rings (SSSR count). The number of hydrogen-bond acceptors (Lipinski definition) is 4. The van der Waals surface area contributed by atoms with E-state index in [2.05, 4.69) is 4.99 Å². The first-order chi connectivity index (χ1) is 11.5. The van der Waals surface area contributed by atoms with Crippen molar-refractivity contribution in [2.75, 3.05) is 4.90 Å². The highest BCUT2D eigenvalue weighted by molar-refractivity contribution is 8.15. The van der Waals surface area contributed by atoms with Gasteiger partial charge in [0, 0.05) is 11.4 Å². The van der Waals surface area contributed by atoms with Crippen molar-refractivity contribution >= 4 is 51.7 Å². The summed E-state index contributed by atoms with van der Waals surface area (Å²) in [6.45, 7) is 0. The van der Waals surface area contributed by atoms with Crippen molar-refractivity contribution in [3.8, 4) is 0 Å². The molecule has 0 aromatic heterocycles. The number of rotatable bonds is 3. The lowest BCUT2D eigenvalue weighted by Crippen LogP contribution is -2.31. The van der Waals surface area contributed by atoms with Crippen LogP contribution in [0.15, 0.2) is 59.6 Å². The molecule has 0 spiro atoms. The summed E-state index contributed by atoms with van der Waals surface area (Å²) in [5, 5.41) is 0.231. The van der Waals surface area contributed by atoms with Crippen molar-refractivity contribution in [2.45, 2.75) is 11.7 Å². The minimum Gasteiger partial charge on any atom is -0.378 e. The van der Waals surface area contributed by atoms with Gasteiger partial charge < -0.3 is 5.73 Å². The van der Waals surface area contributed by atoms with Crippen LogP contribution in [-0.2, 0) is 9.59 Å². The fourth-order valence-electron chi connectivity index (χ4n) is 2.36. The van der Waals surface area contributed by atoms with Gasteiger partial charge in [0.1, 0.15) is 5.25 Å². The fraction of sp³-hybridized carbons (Fsp3) is 0.118. The van der Waals surface area contributed by atoms with E-state index in [1.54, 1.807) is 24.3 Å². The van der Waals surface area contributed by atoms with Gasteiger partial charge >= 0.3 is 0 Å². The van der Waals surface area contributed by atoms with Gasteiger partial charge in [0.25, 0.3) is 0 Å². The summed E-state index contributed by atoms with van der Waals surface area (Å²) in [6, 6.07) is 15.8. The third kappa shape index (κ3) is 3.60. The van der Waals surface area contributed by atoms with E-state index >= 15 is 0 Å². The highest BCUT2D eigenvalue weighted by Crippen LogP contribution is 2.30. The average molecular weight is 360 g/mol. The molecule has 0 unspecified atom stereocenters. The van der Waals surface area contributed by atoms with Crippen LogP contribution in [0.25, 0.3) is 0 Å². The summed E-state index contributed by atoms with van der Waals surface area (Å²) in [6.07, 6.45) is 0.0944. The van der Waals surface area contributed by atoms with Crippen LogP contribution < -0.4 is 10.6 Å². The van der Waals surface area contributed by atoms with Crippen molar-refractivity contribution in [3.05, 3.63) is 59.6 Å². The Kier molecular flexibility index (Phi) is 4.87.